The molecule has 0 aliphatic rings. The van der Waals surface area contributed by atoms with Crippen LogP contribution in [-0.4, -0.2) is 18.1 Å². The summed E-state index contributed by atoms with van der Waals surface area (Å²) in [6.45, 7) is 4.94. The van der Waals surface area contributed by atoms with Crippen LogP contribution in [0, 0.1) is 0 Å². The van der Waals surface area contributed by atoms with E-state index >= 15 is 0 Å². The van der Waals surface area contributed by atoms with Gasteiger partial charge in [-0.05, 0) is 12.8 Å². The first-order valence-corrected chi connectivity index (χ1v) is 9.23. The largest absolute Gasteiger partial charge is 0.472 e. The quantitative estimate of drug-likeness (QED) is 0.270. The van der Waals surface area contributed by atoms with E-state index in [-0.39, 0.29) is 16.5 Å². The number of hydrogen-bond donors (Lipinski definition) is 1. The van der Waals surface area contributed by atoms with Crippen molar-refractivity contribution >= 4 is 7.82 Å². The molecular weight excluding hydrogens is 322 g/mol. The predicted molar refractivity (Wildman–Crippen MR) is 79.2 cm³/mol. The van der Waals surface area contributed by atoms with Crippen LogP contribution in [0.15, 0.2) is 0 Å². The van der Waals surface area contributed by atoms with Crippen LogP contribution < -0.4 is 0 Å². The van der Waals surface area contributed by atoms with Crippen LogP contribution in [-0.2, 0) is 30.1 Å². The maximum atomic E-state index is 11.5. The second-order valence-electron chi connectivity index (χ2n) is 4.96. The summed E-state index contributed by atoms with van der Waals surface area (Å²) in [7, 11) is -3.80. The summed E-state index contributed by atoms with van der Waals surface area (Å²) in [5, 5.41) is 0. The van der Waals surface area contributed by atoms with Crippen molar-refractivity contribution in [2.45, 2.75) is 78.1 Å². The first-order valence-electron chi connectivity index (χ1n) is 7.74. The van der Waals surface area contributed by atoms with E-state index in [1.165, 1.54) is 25.7 Å². The maximum Gasteiger partial charge on any atom is 0.472 e. The fraction of sp³-hybridized carbons (Fsp3) is 1.00. The molecule has 6 heteroatoms. The van der Waals surface area contributed by atoms with Crippen LogP contribution in [0.25, 0.3) is 0 Å². The van der Waals surface area contributed by atoms with Crippen molar-refractivity contribution in [2.24, 2.45) is 0 Å². The van der Waals surface area contributed by atoms with Gasteiger partial charge in [-0.3, -0.25) is 9.05 Å². The molecule has 0 atom stereocenters. The van der Waals surface area contributed by atoms with Crippen LogP contribution in [0.3, 0.4) is 0 Å². The Hall–Kier alpha value is 0.604. The molecule has 0 aliphatic heterocycles. The van der Waals surface area contributed by atoms with E-state index in [0.717, 1.165) is 38.5 Å². The van der Waals surface area contributed by atoms with Gasteiger partial charge in [0.15, 0.2) is 0 Å². The second kappa shape index (κ2) is 16.0. The van der Waals surface area contributed by atoms with Gasteiger partial charge in [0.05, 0.1) is 13.2 Å². The van der Waals surface area contributed by atoms with E-state index in [1.54, 1.807) is 0 Å². The van der Waals surface area contributed by atoms with Crippen molar-refractivity contribution in [2.75, 3.05) is 13.2 Å². The van der Waals surface area contributed by atoms with E-state index in [1.807, 2.05) is 0 Å². The molecule has 0 unspecified atom stereocenters. The Morgan fingerprint density at radius 1 is 0.750 bits per heavy atom. The minimum absolute atomic E-state index is 0. The van der Waals surface area contributed by atoms with Crippen LogP contribution in [0.2, 0.25) is 0 Å². The third kappa shape index (κ3) is 16.7. The molecular formula is C14H31NiO4P. The summed E-state index contributed by atoms with van der Waals surface area (Å²) in [4.78, 5) is 9.43. The Morgan fingerprint density at radius 3 is 1.45 bits per heavy atom. The van der Waals surface area contributed by atoms with Gasteiger partial charge in [0.1, 0.15) is 0 Å². The van der Waals surface area contributed by atoms with Gasteiger partial charge in [0.25, 0.3) is 0 Å². The zero-order valence-electron chi connectivity index (χ0n) is 12.9. The molecule has 0 spiro atoms. The SMILES string of the molecule is CCCCCCCOP(=O)(O)OCCCCCCC.[Ni]. The van der Waals surface area contributed by atoms with Gasteiger partial charge >= 0.3 is 7.82 Å². The second-order valence-corrected chi connectivity index (χ2v) is 6.42. The average molecular weight is 353 g/mol. The number of phosphoric ester groups is 1. The molecule has 0 heterocycles. The van der Waals surface area contributed by atoms with E-state index in [0.29, 0.717) is 13.2 Å². The van der Waals surface area contributed by atoms with Crippen molar-refractivity contribution in [3.63, 3.8) is 0 Å². The molecule has 0 aromatic heterocycles. The molecule has 0 radical (unpaired) electrons. The summed E-state index contributed by atoms with van der Waals surface area (Å²) >= 11 is 0. The van der Waals surface area contributed by atoms with Crippen LogP contribution in [0.1, 0.15) is 78.1 Å². The van der Waals surface area contributed by atoms with E-state index < -0.39 is 7.82 Å². The molecule has 0 rings (SSSR count). The molecule has 0 fully saturated rings. The molecule has 0 saturated heterocycles. The third-order valence-corrected chi connectivity index (χ3v) is 4.02. The summed E-state index contributed by atoms with van der Waals surface area (Å²) in [5.41, 5.74) is 0. The van der Waals surface area contributed by atoms with Crippen molar-refractivity contribution in [1.29, 1.82) is 0 Å². The predicted octanol–water partition coefficient (Wildman–Crippen LogP) is 5.06. The zero-order chi connectivity index (χ0) is 14.4. The maximum absolute atomic E-state index is 11.5. The number of rotatable bonds is 14. The first-order chi connectivity index (χ1) is 9.12. The van der Waals surface area contributed by atoms with Crippen molar-refractivity contribution in [3.05, 3.63) is 0 Å². The van der Waals surface area contributed by atoms with Crippen LogP contribution >= 0.6 is 7.82 Å². The van der Waals surface area contributed by atoms with Crippen LogP contribution in [0.4, 0.5) is 0 Å². The Balaban J connectivity index is 0. The molecule has 0 aromatic rings. The van der Waals surface area contributed by atoms with Crippen molar-refractivity contribution in [3.8, 4) is 0 Å². The monoisotopic (exact) mass is 352 g/mol. The molecule has 4 nitrogen and oxygen atoms in total. The zero-order valence-corrected chi connectivity index (χ0v) is 14.8. The normalized spacial score (nSPS) is 11.3. The Kier molecular flexibility index (Phi) is 18.3. The third-order valence-electron chi connectivity index (χ3n) is 3.00. The number of phosphoric acid groups is 1. The molecule has 0 saturated carbocycles. The minimum atomic E-state index is -3.80. The molecule has 0 bridgehead atoms. The Morgan fingerprint density at radius 2 is 1.10 bits per heavy atom. The van der Waals surface area contributed by atoms with Crippen LogP contribution in [0.5, 0.6) is 0 Å². The Labute approximate surface area is 134 Å². The summed E-state index contributed by atoms with van der Waals surface area (Å²) in [6, 6.07) is 0. The van der Waals surface area contributed by atoms with Gasteiger partial charge in [0.2, 0.25) is 0 Å². The molecule has 20 heavy (non-hydrogen) atoms. The van der Waals surface area contributed by atoms with Crippen molar-refractivity contribution in [1.82, 2.24) is 0 Å². The van der Waals surface area contributed by atoms with Gasteiger partial charge in [-0.25, -0.2) is 4.57 Å². The summed E-state index contributed by atoms with van der Waals surface area (Å²) in [5.74, 6) is 0. The van der Waals surface area contributed by atoms with Crippen molar-refractivity contribution < 1.29 is 35.0 Å². The fourth-order valence-electron chi connectivity index (χ4n) is 1.81. The van der Waals surface area contributed by atoms with Gasteiger partial charge in [-0.1, -0.05) is 65.2 Å². The molecule has 0 amide bonds. The topological polar surface area (TPSA) is 55.8 Å². The summed E-state index contributed by atoms with van der Waals surface area (Å²) < 4.78 is 21.4. The number of unbranched alkanes of at least 4 members (excludes halogenated alkanes) is 8. The minimum Gasteiger partial charge on any atom is -0.302 e. The fourth-order valence-corrected chi connectivity index (χ4v) is 2.60. The Bertz CT molecular complexity index is 219. The first kappa shape index (κ1) is 22.9. The van der Waals surface area contributed by atoms with Gasteiger partial charge in [-0.15, -0.1) is 0 Å². The molecule has 1 N–H and O–H groups in total. The summed E-state index contributed by atoms with van der Waals surface area (Å²) in [6.07, 6.45) is 10.9. The van der Waals surface area contributed by atoms with Gasteiger partial charge < -0.3 is 4.89 Å². The molecule has 126 valence electrons. The molecule has 0 aliphatic carbocycles. The smallest absolute Gasteiger partial charge is 0.302 e. The van der Waals surface area contributed by atoms with E-state index in [4.69, 9.17) is 9.05 Å². The molecule has 0 aromatic carbocycles. The van der Waals surface area contributed by atoms with Gasteiger partial charge in [0, 0.05) is 16.5 Å². The standard InChI is InChI=1S/C14H31O4P.Ni/c1-3-5-7-9-11-13-17-19(15,16)18-14-12-10-8-6-4-2;/h3-14H2,1-2H3,(H,15,16);. The van der Waals surface area contributed by atoms with Gasteiger partial charge in [-0.2, -0.15) is 0 Å². The number of hydrogen-bond acceptors (Lipinski definition) is 3. The van der Waals surface area contributed by atoms with E-state index in [2.05, 4.69) is 13.8 Å². The average Bonchev–Trinajstić information content (AvgIpc) is 2.38. The van der Waals surface area contributed by atoms with E-state index in [9.17, 15) is 9.46 Å².